The van der Waals surface area contributed by atoms with Gasteiger partial charge in [0.25, 0.3) is 0 Å². The van der Waals surface area contributed by atoms with Crippen molar-refractivity contribution >= 4 is 0 Å². The Hall–Kier alpha value is -1.75. The van der Waals surface area contributed by atoms with Gasteiger partial charge in [-0.3, -0.25) is 9.67 Å². The zero-order valence-electron chi connectivity index (χ0n) is 9.30. The Morgan fingerprint density at radius 2 is 2.25 bits per heavy atom. The summed E-state index contributed by atoms with van der Waals surface area (Å²) >= 11 is 0. The summed E-state index contributed by atoms with van der Waals surface area (Å²) in [6, 6.07) is 5.96. The maximum Gasteiger partial charge on any atom is 0.0964 e. The van der Waals surface area contributed by atoms with E-state index in [1.54, 1.807) is 4.68 Å². The van der Waals surface area contributed by atoms with Gasteiger partial charge < -0.3 is 5.32 Å². The van der Waals surface area contributed by atoms with Crippen LogP contribution < -0.4 is 5.32 Å². The number of aryl methyl sites for hydroxylation is 1. The Bertz CT molecular complexity index is 423. The van der Waals surface area contributed by atoms with E-state index in [4.69, 9.17) is 0 Å². The molecule has 0 aliphatic heterocycles. The number of pyridine rings is 1. The Morgan fingerprint density at radius 3 is 2.94 bits per heavy atom. The van der Waals surface area contributed by atoms with Gasteiger partial charge in [-0.05, 0) is 12.1 Å². The van der Waals surface area contributed by atoms with Crippen molar-refractivity contribution in [1.29, 1.82) is 0 Å². The third-order valence-electron chi connectivity index (χ3n) is 2.24. The van der Waals surface area contributed by atoms with Crippen molar-refractivity contribution in [2.24, 2.45) is 7.05 Å². The fraction of sp³-hybridized carbons (Fsp3) is 0.364. The van der Waals surface area contributed by atoms with Crippen molar-refractivity contribution in [2.45, 2.75) is 13.0 Å². The van der Waals surface area contributed by atoms with Gasteiger partial charge in [-0.1, -0.05) is 11.3 Å². The second-order valence-electron chi connectivity index (χ2n) is 3.63. The molecule has 0 fully saturated rings. The van der Waals surface area contributed by atoms with E-state index in [1.165, 1.54) is 0 Å². The van der Waals surface area contributed by atoms with Gasteiger partial charge in [0, 0.05) is 44.6 Å². The lowest BCUT2D eigenvalue weighted by Crippen LogP contribution is -2.17. The van der Waals surface area contributed by atoms with Crippen LogP contribution in [0.25, 0.3) is 0 Å². The molecule has 2 aromatic rings. The summed E-state index contributed by atoms with van der Waals surface area (Å²) in [5.41, 5.74) is 2.07. The average Bonchev–Trinajstić information content (AvgIpc) is 2.72. The van der Waals surface area contributed by atoms with Gasteiger partial charge in [-0.2, -0.15) is 0 Å². The van der Waals surface area contributed by atoms with Crippen LogP contribution in [0.1, 0.15) is 11.4 Å². The standard InChI is InChI=1S/C11H15N5/c1-16-9-11(14-15-16)8-12-7-5-10-4-2-3-6-13-10/h2-4,6,9,12H,5,7-8H2,1H3. The summed E-state index contributed by atoms with van der Waals surface area (Å²) in [5.74, 6) is 0. The molecule has 2 aromatic heterocycles. The minimum absolute atomic E-state index is 0.751. The molecule has 1 N–H and O–H groups in total. The van der Waals surface area contributed by atoms with Gasteiger partial charge in [-0.25, -0.2) is 0 Å². The minimum Gasteiger partial charge on any atom is -0.311 e. The maximum absolute atomic E-state index is 4.26. The van der Waals surface area contributed by atoms with Crippen LogP contribution in [-0.4, -0.2) is 26.5 Å². The molecule has 0 bridgehead atoms. The topological polar surface area (TPSA) is 55.6 Å². The number of nitrogens with zero attached hydrogens (tertiary/aromatic N) is 4. The molecule has 0 spiro atoms. The van der Waals surface area contributed by atoms with E-state index >= 15 is 0 Å². The van der Waals surface area contributed by atoms with E-state index in [0.29, 0.717) is 0 Å². The van der Waals surface area contributed by atoms with Crippen LogP contribution >= 0.6 is 0 Å². The predicted molar refractivity (Wildman–Crippen MR) is 60.7 cm³/mol. The first-order valence-corrected chi connectivity index (χ1v) is 5.30. The van der Waals surface area contributed by atoms with Crippen LogP contribution in [0.2, 0.25) is 0 Å². The molecule has 0 radical (unpaired) electrons. The van der Waals surface area contributed by atoms with Crippen molar-refractivity contribution in [3.05, 3.63) is 42.0 Å². The monoisotopic (exact) mass is 217 g/mol. The second kappa shape index (κ2) is 5.37. The number of nitrogens with one attached hydrogen (secondary N) is 1. The zero-order chi connectivity index (χ0) is 11.2. The average molecular weight is 217 g/mol. The van der Waals surface area contributed by atoms with Crippen molar-refractivity contribution in [1.82, 2.24) is 25.3 Å². The van der Waals surface area contributed by atoms with E-state index in [1.807, 2.05) is 37.6 Å². The van der Waals surface area contributed by atoms with E-state index in [-0.39, 0.29) is 0 Å². The summed E-state index contributed by atoms with van der Waals surface area (Å²) in [6.45, 7) is 1.65. The highest BCUT2D eigenvalue weighted by Gasteiger charge is 1.97. The first kappa shape index (κ1) is 10.8. The van der Waals surface area contributed by atoms with Crippen LogP contribution in [0.4, 0.5) is 0 Å². The first-order chi connectivity index (χ1) is 7.84. The number of aromatic nitrogens is 4. The maximum atomic E-state index is 4.26. The van der Waals surface area contributed by atoms with Crippen molar-refractivity contribution in [3.8, 4) is 0 Å². The van der Waals surface area contributed by atoms with Crippen LogP contribution in [0.3, 0.4) is 0 Å². The molecule has 0 aromatic carbocycles. The Morgan fingerprint density at radius 1 is 1.31 bits per heavy atom. The third-order valence-corrected chi connectivity index (χ3v) is 2.24. The highest BCUT2D eigenvalue weighted by Crippen LogP contribution is 1.94. The lowest BCUT2D eigenvalue weighted by atomic mass is 10.3. The predicted octanol–water partition coefficient (Wildman–Crippen LogP) is 0.542. The molecule has 0 saturated carbocycles. The summed E-state index contributed by atoms with van der Waals surface area (Å²) in [7, 11) is 1.87. The SMILES string of the molecule is Cn1cc(CNCCc2ccccn2)nn1. The number of rotatable bonds is 5. The molecule has 0 aliphatic rings. The molecule has 0 amide bonds. The highest BCUT2D eigenvalue weighted by atomic mass is 15.4. The molecule has 0 unspecified atom stereocenters. The van der Waals surface area contributed by atoms with Gasteiger partial charge in [0.1, 0.15) is 0 Å². The normalized spacial score (nSPS) is 10.6. The van der Waals surface area contributed by atoms with E-state index in [2.05, 4.69) is 20.6 Å². The lowest BCUT2D eigenvalue weighted by molar-refractivity contribution is 0.664. The van der Waals surface area contributed by atoms with Crippen LogP contribution in [-0.2, 0) is 20.0 Å². The molecule has 2 rings (SSSR count). The van der Waals surface area contributed by atoms with Gasteiger partial charge >= 0.3 is 0 Å². The smallest absolute Gasteiger partial charge is 0.0964 e. The Balaban J connectivity index is 1.69. The fourth-order valence-corrected chi connectivity index (χ4v) is 1.46. The van der Waals surface area contributed by atoms with E-state index in [0.717, 1.165) is 30.9 Å². The first-order valence-electron chi connectivity index (χ1n) is 5.30. The summed E-state index contributed by atoms with van der Waals surface area (Å²) < 4.78 is 1.70. The van der Waals surface area contributed by atoms with Gasteiger partial charge in [-0.15, -0.1) is 5.10 Å². The molecule has 0 saturated heterocycles. The van der Waals surface area contributed by atoms with E-state index < -0.39 is 0 Å². The second-order valence-corrected chi connectivity index (χ2v) is 3.63. The fourth-order valence-electron chi connectivity index (χ4n) is 1.46. The Kier molecular flexibility index (Phi) is 3.61. The molecule has 5 heteroatoms. The summed E-state index contributed by atoms with van der Waals surface area (Å²) in [4.78, 5) is 4.26. The van der Waals surface area contributed by atoms with Gasteiger partial charge in [0.2, 0.25) is 0 Å². The molecule has 0 atom stereocenters. The van der Waals surface area contributed by atoms with Crippen molar-refractivity contribution < 1.29 is 0 Å². The van der Waals surface area contributed by atoms with Crippen molar-refractivity contribution in [3.63, 3.8) is 0 Å². The zero-order valence-corrected chi connectivity index (χ0v) is 9.30. The number of hydrogen-bond acceptors (Lipinski definition) is 4. The van der Waals surface area contributed by atoms with Crippen LogP contribution in [0.15, 0.2) is 30.6 Å². The molecular formula is C11H15N5. The van der Waals surface area contributed by atoms with Crippen LogP contribution in [0.5, 0.6) is 0 Å². The quantitative estimate of drug-likeness (QED) is 0.743. The molecule has 0 aliphatic carbocycles. The highest BCUT2D eigenvalue weighted by molar-refractivity contribution is 5.03. The number of hydrogen-bond donors (Lipinski definition) is 1. The van der Waals surface area contributed by atoms with Crippen LogP contribution in [0, 0.1) is 0 Å². The molecule has 16 heavy (non-hydrogen) atoms. The van der Waals surface area contributed by atoms with Gasteiger partial charge in [0.15, 0.2) is 0 Å². The summed E-state index contributed by atoms with van der Waals surface area (Å²) in [6.07, 6.45) is 4.66. The Labute approximate surface area is 94.5 Å². The van der Waals surface area contributed by atoms with Gasteiger partial charge in [0.05, 0.1) is 5.69 Å². The molecular weight excluding hydrogens is 202 g/mol. The molecule has 2 heterocycles. The lowest BCUT2D eigenvalue weighted by Gasteiger charge is -2.01. The van der Waals surface area contributed by atoms with Crippen molar-refractivity contribution in [2.75, 3.05) is 6.54 Å². The molecule has 5 nitrogen and oxygen atoms in total. The molecule has 84 valence electrons. The largest absolute Gasteiger partial charge is 0.311 e. The van der Waals surface area contributed by atoms with E-state index in [9.17, 15) is 0 Å². The third kappa shape index (κ3) is 3.13. The minimum atomic E-state index is 0.751. The summed E-state index contributed by atoms with van der Waals surface area (Å²) in [5, 5.41) is 11.2.